The first-order valence-electron chi connectivity index (χ1n) is 6.64. The fourth-order valence-electron chi connectivity index (χ4n) is 3.08. The van der Waals surface area contributed by atoms with Crippen molar-refractivity contribution in [1.29, 1.82) is 0 Å². The molecule has 0 aromatic rings. The highest BCUT2D eigenvalue weighted by Crippen LogP contribution is 2.35. The van der Waals surface area contributed by atoms with E-state index in [-0.39, 0.29) is 11.3 Å². The van der Waals surface area contributed by atoms with E-state index < -0.39 is 15.6 Å². The third kappa shape index (κ3) is 2.25. The Hall–Kier alpha value is -0.130. The van der Waals surface area contributed by atoms with E-state index in [1.807, 2.05) is 13.8 Å². The zero-order valence-corrected chi connectivity index (χ0v) is 11.7. The molecule has 1 unspecified atom stereocenters. The molecule has 0 aromatic carbocycles. The van der Waals surface area contributed by atoms with Crippen LogP contribution in [0, 0.1) is 0 Å². The molecular formula is C12H24N2O2S. The fraction of sp³-hybridized carbons (Fsp3) is 1.00. The zero-order valence-electron chi connectivity index (χ0n) is 10.9. The van der Waals surface area contributed by atoms with Gasteiger partial charge in [-0.25, -0.2) is 8.42 Å². The van der Waals surface area contributed by atoms with Gasteiger partial charge in [-0.1, -0.05) is 19.3 Å². The van der Waals surface area contributed by atoms with Crippen molar-refractivity contribution < 1.29 is 8.42 Å². The van der Waals surface area contributed by atoms with Gasteiger partial charge in [0.05, 0.1) is 5.25 Å². The van der Waals surface area contributed by atoms with Crippen LogP contribution in [0.5, 0.6) is 0 Å². The van der Waals surface area contributed by atoms with Gasteiger partial charge >= 0.3 is 0 Å². The average molecular weight is 260 g/mol. The highest BCUT2D eigenvalue weighted by atomic mass is 32.2. The number of hydrogen-bond acceptors (Lipinski definition) is 3. The molecule has 5 heteroatoms. The highest BCUT2D eigenvalue weighted by Gasteiger charge is 2.47. The van der Waals surface area contributed by atoms with Crippen LogP contribution in [0.3, 0.4) is 0 Å². The van der Waals surface area contributed by atoms with E-state index in [0.717, 1.165) is 32.1 Å². The van der Waals surface area contributed by atoms with Gasteiger partial charge in [0.15, 0.2) is 0 Å². The summed E-state index contributed by atoms with van der Waals surface area (Å²) in [5.41, 5.74) is 5.60. The summed E-state index contributed by atoms with van der Waals surface area (Å²) in [4.78, 5) is 0. The lowest BCUT2D eigenvalue weighted by Crippen LogP contribution is -2.53. The Balaban J connectivity index is 2.21. The van der Waals surface area contributed by atoms with E-state index in [9.17, 15) is 8.42 Å². The molecule has 0 radical (unpaired) electrons. The molecule has 0 amide bonds. The third-order valence-corrected chi connectivity index (χ3v) is 7.06. The van der Waals surface area contributed by atoms with Crippen molar-refractivity contribution in [3.05, 3.63) is 0 Å². The second kappa shape index (κ2) is 4.52. The van der Waals surface area contributed by atoms with Gasteiger partial charge in [-0.15, -0.1) is 0 Å². The summed E-state index contributed by atoms with van der Waals surface area (Å²) in [7, 11) is -3.15. The van der Waals surface area contributed by atoms with Crippen molar-refractivity contribution in [2.24, 2.45) is 5.73 Å². The maximum Gasteiger partial charge on any atom is 0.217 e. The molecule has 2 N–H and O–H groups in total. The molecule has 1 saturated carbocycles. The van der Waals surface area contributed by atoms with Crippen LogP contribution in [-0.4, -0.2) is 36.1 Å². The summed E-state index contributed by atoms with van der Waals surface area (Å²) in [5.74, 6) is 0. The van der Waals surface area contributed by atoms with Crippen molar-refractivity contribution in [3.8, 4) is 0 Å². The summed E-state index contributed by atoms with van der Waals surface area (Å²) in [6.45, 7) is 4.49. The molecular weight excluding hydrogens is 236 g/mol. The minimum Gasteiger partial charge on any atom is -0.326 e. The van der Waals surface area contributed by atoms with E-state index in [2.05, 4.69) is 0 Å². The Morgan fingerprint density at radius 3 is 2.18 bits per heavy atom. The monoisotopic (exact) mass is 260 g/mol. The number of sulfonamides is 1. The molecule has 1 atom stereocenters. The molecule has 1 aliphatic carbocycles. The van der Waals surface area contributed by atoms with Crippen molar-refractivity contribution >= 4 is 10.0 Å². The molecule has 0 bridgehead atoms. The summed E-state index contributed by atoms with van der Waals surface area (Å²) in [6.07, 6.45) is 5.69. The van der Waals surface area contributed by atoms with Gasteiger partial charge in [0.25, 0.3) is 0 Å². The first-order chi connectivity index (χ1) is 7.87. The van der Waals surface area contributed by atoms with Crippen molar-refractivity contribution in [2.45, 2.75) is 69.2 Å². The van der Waals surface area contributed by atoms with Crippen LogP contribution in [-0.2, 0) is 10.0 Å². The van der Waals surface area contributed by atoms with Crippen LogP contribution in [0.15, 0.2) is 0 Å². The van der Waals surface area contributed by atoms with E-state index in [1.54, 1.807) is 4.31 Å². The number of nitrogens with zero attached hydrogens (tertiary/aromatic N) is 1. The summed E-state index contributed by atoms with van der Waals surface area (Å²) >= 11 is 0. The molecule has 0 aromatic heterocycles. The standard InChI is InChI=1S/C12H24N2O2S/c1-12(2)11(13)8-9-14(12)17(15,16)10-6-4-3-5-7-10/h10-11H,3-9,13H2,1-2H3. The summed E-state index contributed by atoms with van der Waals surface area (Å²) < 4.78 is 26.9. The molecule has 17 heavy (non-hydrogen) atoms. The molecule has 4 nitrogen and oxygen atoms in total. The largest absolute Gasteiger partial charge is 0.326 e. The normalized spacial score (nSPS) is 31.8. The molecule has 1 heterocycles. The van der Waals surface area contributed by atoms with Crippen LogP contribution in [0.2, 0.25) is 0 Å². The number of rotatable bonds is 2. The van der Waals surface area contributed by atoms with Gasteiger partial charge in [-0.3, -0.25) is 0 Å². The quantitative estimate of drug-likeness (QED) is 0.817. The first-order valence-corrected chi connectivity index (χ1v) is 8.14. The zero-order chi connectivity index (χ0) is 12.7. The van der Waals surface area contributed by atoms with Crippen LogP contribution in [0.25, 0.3) is 0 Å². The van der Waals surface area contributed by atoms with E-state index >= 15 is 0 Å². The van der Waals surface area contributed by atoms with Crippen LogP contribution in [0.1, 0.15) is 52.4 Å². The van der Waals surface area contributed by atoms with Crippen LogP contribution in [0.4, 0.5) is 0 Å². The minimum absolute atomic E-state index is 0.0409. The molecule has 0 spiro atoms. The Morgan fingerprint density at radius 1 is 1.12 bits per heavy atom. The highest BCUT2D eigenvalue weighted by molar-refractivity contribution is 7.89. The molecule has 1 aliphatic heterocycles. The van der Waals surface area contributed by atoms with Gasteiger partial charge in [-0.05, 0) is 33.1 Å². The summed E-state index contributed by atoms with van der Waals surface area (Å²) in [6, 6.07) is -0.0409. The van der Waals surface area contributed by atoms with Gasteiger partial charge < -0.3 is 5.73 Å². The van der Waals surface area contributed by atoms with Crippen molar-refractivity contribution in [3.63, 3.8) is 0 Å². The Bertz CT molecular complexity index is 372. The Morgan fingerprint density at radius 2 is 1.71 bits per heavy atom. The van der Waals surface area contributed by atoms with Gasteiger partial charge in [-0.2, -0.15) is 4.31 Å². The number of hydrogen-bond donors (Lipinski definition) is 1. The lowest BCUT2D eigenvalue weighted by Gasteiger charge is -2.36. The molecule has 1 saturated heterocycles. The van der Waals surface area contributed by atoms with E-state index in [1.165, 1.54) is 6.42 Å². The van der Waals surface area contributed by atoms with Crippen LogP contribution >= 0.6 is 0 Å². The molecule has 2 aliphatic rings. The van der Waals surface area contributed by atoms with Gasteiger partial charge in [0.2, 0.25) is 10.0 Å². The van der Waals surface area contributed by atoms with Crippen LogP contribution < -0.4 is 5.73 Å². The lowest BCUT2D eigenvalue weighted by atomic mass is 9.98. The average Bonchev–Trinajstić information content (AvgIpc) is 2.55. The minimum atomic E-state index is -3.15. The predicted octanol–water partition coefficient (Wildman–Crippen LogP) is 1.46. The lowest BCUT2D eigenvalue weighted by molar-refractivity contribution is 0.264. The topological polar surface area (TPSA) is 63.4 Å². The second-order valence-electron chi connectivity index (χ2n) is 5.93. The van der Waals surface area contributed by atoms with Crippen molar-refractivity contribution in [2.75, 3.05) is 6.54 Å². The summed E-state index contributed by atoms with van der Waals surface area (Å²) in [5, 5.41) is -0.166. The third-order valence-electron chi connectivity index (χ3n) is 4.47. The smallest absolute Gasteiger partial charge is 0.217 e. The maximum atomic E-state index is 12.6. The second-order valence-corrected chi connectivity index (χ2v) is 8.06. The molecule has 100 valence electrons. The first kappa shape index (κ1) is 13.3. The van der Waals surface area contributed by atoms with Crippen molar-refractivity contribution in [1.82, 2.24) is 4.31 Å². The van der Waals surface area contributed by atoms with Gasteiger partial charge in [0.1, 0.15) is 0 Å². The maximum absolute atomic E-state index is 12.6. The molecule has 2 fully saturated rings. The van der Waals surface area contributed by atoms with E-state index in [4.69, 9.17) is 5.73 Å². The predicted molar refractivity (Wildman–Crippen MR) is 69.2 cm³/mol. The SMILES string of the molecule is CC1(C)C(N)CCN1S(=O)(=O)C1CCCCC1. The Labute approximate surface area is 105 Å². The van der Waals surface area contributed by atoms with E-state index in [0.29, 0.717) is 6.54 Å². The Kier molecular flexibility index (Phi) is 3.54. The molecule has 2 rings (SSSR count). The fourth-order valence-corrected chi connectivity index (χ4v) is 5.52. The number of nitrogens with two attached hydrogens (primary N) is 1. The van der Waals surface area contributed by atoms with Gasteiger partial charge in [0, 0.05) is 18.1 Å².